The van der Waals surface area contributed by atoms with Gasteiger partial charge in [0.05, 0.1) is 0 Å². The van der Waals surface area contributed by atoms with Gasteiger partial charge in [-0.25, -0.2) is 0 Å². The summed E-state index contributed by atoms with van der Waals surface area (Å²) in [5, 5.41) is 0. The average molecular weight is 186 g/mol. The van der Waals surface area contributed by atoms with Gasteiger partial charge in [-0.15, -0.1) is 0 Å². The molecular formula is C13H14O. The summed E-state index contributed by atoms with van der Waals surface area (Å²) >= 11 is 0. The lowest BCUT2D eigenvalue weighted by Crippen LogP contribution is -2.21. The lowest BCUT2D eigenvalue weighted by atomic mass is 9.77. The molecule has 0 amide bonds. The highest BCUT2D eigenvalue weighted by Gasteiger charge is 2.37. The maximum absolute atomic E-state index is 11.7. The number of ketones is 1. The quantitative estimate of drug-likeness (QED) is 0.568. The van der Waals surface area contributed by atoms with Gasteiger partial charge in [0, 0.05) is 6.42 Å². The Bertz CT molecular complexity index is 371. The monoisotopic (exact) mass is 186 g/mol. The van der Waals surface area contributed by atoms with Crippen molar-refractivity contribution in [2.45, 2.75) is 25.7 Å². The molecule has 0 N–H and O–H groups in total. The van der Waals surface area contributed by atoms with Crippen LogP contribution in [0.3, 0.4) is 0 Å². The molecule has 0 heterocycles. The van der Waals surface area contributed by atoms with Gasteiger partial charge < -0.3 is 0 Å². The van der Waals surface area contributed by atoms with Crippen molar-refractivity contribution < 1.29 is 4.79 Å². The number of carbonyl (C=O) groups is 1. The first-order valence-electron chi connectivity index (χ1n) is 5.48. The van der Waals surface area contributed by atoms with Crippen molar-refractivity contribution in [3.8, 4) is 0 Å². The lowest BCUT2D eigenvalue weighted by Gasteiger charge is -2.26. The molecule has 1 nitrogen and oxygen atoms in total. The molecule has 0 radical (unpaired) electrons. The van der Waals surface area contributed by atoms with E-state index in [1.165, 1.54) is 12.0 Å². The van der Waals surface area contributed by atoms with Crippen molar-refractivity contribution >= 4 is 5.78 Å². The number of allylic oxidation sites excluding steroid dienone is 6. The second-order valence-corrected chi connectivity index (χ2v) is 4.46. The van der Waals surface area contributed by atoms with Gasteiger partial charge in [-0.2, -0.15) is 0 Å². The van der Waals surface area contributed by atoms with Crippen molar-refractivity contribution in [1.29, 1.82) is 0 Å². The SMILES string of the molecule is O=C1CCC[C@H]2C1=CC1=CC=CC[C@H]12. The second kappa shape index (κ2) is 2.94. The third-order valence-corrected chi connectivity index (χ3v) is 3.69. The Balaban J connectivity index is 2.01. The zero-order chi connectivity index (χ0) is 9.54. The highest BCUT2D eigenvalue weighted by molar-refractivity contribution is 5.98. The van der Waals surface area contributed by atoms with Gasteiger partial charge >= 0.3 is 0 Å². The molecule has 0 aromatic heterocycles. The molecular weight excluding hydrogens is 172 g/mol. The van der Waals surface area contributed by atoms with Crippen molar-refractivity contribution in [1.82, 2.24) is 0 Å². The van der Waals surface area contributed by atoms with E-state index >= 15 is 0 Å². The Morgan fingerprint density at radius 2 is 2.21 bits per heavy atom. The Morgan fingerprint density at radius 1 is 1.29 bits per heavy atom. The molecule has 0 aromatic carbocycles. The summed E-state index contributed by atoms with van der Waals surface area (Å²) in [6.45, 7) is 0. The summed E-state index contributed by atoms with van der Waals surface area (Å²) in [5.74, 6) is 1.57. The molecule has 0 saturated heterocycles. The number of hydrogen-bond donors (Lipinski definition) is 0. The molecule has 14 heavy (non-hydrogen) atoms. The molecule has 0 bridgehead atoms. The van der Waals surface area contributed by atoms with E-state index in [1.54, 1.807) is 0 Å². The van der Waals surface area contributed by atoms with Crippen molar-refractivity contribution in [2.75, 3.05) is 0 Å². The summed E-state index contributed by atoms with van der Waals surface area (Å²) in [4.78, 5) is 11.7. The molecule has 3 rings (SSSR count). The molecule has 1 saturated carbocycles. The third kappa shape index (κ3) is 1.05. The molecule has 3 aliphatic rings. The topological polar surface area (TPSA) is 17.1 Å². The van der Waals surface area contributed by atoms with Crippen LogP contribution in [-0.4, -0.2) is 5.78 Å². The van der Waals surface area contributed by atoms with E-state index in [1.807, 2.05) is 0 Å². The van der Waals surface area contributed by atoms with Crippen LogP contribution in [0.4, 0.5) is 0 Å². The van der Waals surface area contributed by atoms with Gasteiger partial charge in [0.25, 0.3) is 0 Å². The van der Waals surface area contributed by atoms with Crippen LogP contribution in [0, 0.1) is 11.8 Å². The maximum Gasteiger partial charge on any atom is 0.159 e. The molecule has 0 aromatic rings. The average Bonchev–Trinajstić information content (AvgIpc) is 2.59. The van der Waals surface area contributed by atoms with Gasteiger partial charge in [-0.05, 0) is 42.2 Å². The molecule has 3 aliphatic carbocycles. The number of carbonyl (C=O) groups excluding carboxylic acids is 1. The molecule has 2 atom stereocenters. The van der Waals surface area contributed by atoms with Gasteiger partial charge in [0.1, 0.15) is 0 Å². The van der Waals surface area contributed by atoms with Gasteiger partial charge in [0.2, 0.25) is 0 Å². The van der Waals surface area contributed by atoms with E-state index in [4.69, 9.17) is 0 Å². The zero-order valence-corrected chi connectivity index (χ0v) is 8.20. The van der Waals surface area contributed by atoms with E-state index < -0.39 is 0 Å². The third-order valence-electron chi connectivity index (χ3n) is 3.69. The smallest absolute Gasteiger partial charge is 0.159 e. The Hall–Kier alpha value is -1.11. The largest absolute Gasteiger partial charge is 0.295 e. The number of hydrogen-bond acceptors (Lipinski definition) is 1. The minimum Gasteiger partial charge on any atom is -0.295 e. The molecule has 0 spiro atoms. The fourth-order valence-corrected chi connectivity index (χ4v) is 2.99. The predicted octanol–water partition coefficient (Wildman–Crippen LogP) is 2.80. The van der Waals surface area contributed by atoms with E-state index in [0.717, 1.165) is 24.8 Å². The number of rotatable bonds is 0. The van der Waals surface area contributed by atoms with Crippen molar-refractivity contribution in [3.05, 3.63) is 35.5 Å². The second-order valence-electron chi connectivity index (χ2n) is 4.46. The van der Waals surface area contributed by atoms with E-state index in [0.29, 0.717) is 17.6 Å². The van der Waals surface area contributed by atoms with Crippen LogP contribution in [-0.2, 0) is 4.79 Å². The van der Waals surface area contributed by atoms with E-state index in [9.17, 15) is 4.79 Å². The van der Waals surface area contributed by atoms with E-state index in [2.05, 4.69) is 24.3 Å². The summed E-state index contributed by atoms with van der Waals surface area (Å²) in [6, 6.07) is 0. The zero-order valence-electron chi connectivity index (χ0n) is 8.20. The first-order chi connectivity index (χ1) is 6.86. The molecule has 72 valence electrons. The highest BCUT2D eigenvalue weighted by atomic mass is 16.1. The standard InChI is InChI=1S/C13H14O/c14-13-7-3-6-11-10-5-2-1-4-9(10)8-12(11)13/h1-2,4,8,10-11H,3,5-7H2/t10-,11-/m1/s1. The molecule has 0 aliphatic heterocycles. The Labute approximate surface area is 84.2 Å². The van der Waals surface area contributed by atoms with Crippen molar-refractivity contribution in [3.63, 3.8) is 0 Å². The minimum absolute atomic E-state index is 0.400. The van der Waals surface area contributed by atoms with Crippen LogP contribution < -0.4 is 0 Å². The normalized spacial score (nSPS) is 34.7. The van der Waals surface area contributed by atoms with Crippen LogP contribution in [0.1, 0.15) is 25.7 Å². The summed E-state index contributed by atoms with van der Waals surface area (Å²) in [5.41, 5.74) is 2.51. The molecule has 0 unspecified atom stereocenters. The summed E-state index contributed by atoms with van der Waals surface area (Å²) < 4.78 is 0. The summed E-state index contributed by atoms with van der Waals surface area (Å²) in [7, 11) is 0. The summed E-state index contributed by atoms with van der Waals surface area (Å²) in [6.07, 6.45) is 12.9. The molecule has 1 fully saturated rings. The first kappa shape index (κ1) is 8.22. The predicted molar refractivity (Wildman–Crippen MR) is 55.8 cm³/mol. The van der Waals surface area contributed by atoms with E-state index in [-0.39, 0.29) is 0 Å². The fraction of sp³-hybridized carbons (Fsp3) is 0.462. The van der Waals surface area contributed by atoms with Crippen LogP contribution in [0.25, 0.3) is 0 Å². The van der Waals surface area contributed by atoms with Crippen LogP contribution >= 0.6 is 0 Å². The lowest BCUT2D eigenvalue weighted by molar-refractivity contribution is -0.117. The molecule has 1 heteroatoms. The minimum atomic E-state index is 0.400. The van der Waals surface area contributed by atoms with Gasteiger partial charge in [-0.1, -0.05) is 24.3 Å². The maximum atomic E-state index is 11.7. The van der Waals surface area contributed by atoms with Crippen LogP contribution in [0.15, 0.2) is 35.5 Å². The Kier molecular flexibility index (Phi) is 1.73. The first-order valence-corrected chi connectivity index (χ1v) is 5.48. The number of Topliss-reactive ketones (excluding diaryl/α,β-unsaturated/α-hetero) is 1. The van der Waals surface area contributed by atoms with Crippen molar-refractivity contribution in [2.24, 2.45) is 11.8 Å². The fourth-order valence-electron chi connectivity index (χ4n) is 2.99. The highest BCUT2D eigenvalue weighted by Crippen LogP contribution is 2.45. The Morgan fingerprint density at radius 3 is 3.14 bits per heavy atom. The van der Waals surface area contributed by atoms with Gasteiger partial charge in [0.15, 0.2) is 5.78 Å². The van der Waals surface area contributed by atoms with Crippen LogP contribution in [0.2, 0.25) is 0 Å². The van der Waals surface area contributed by atoms with Gasteiger partial charge in [-0.3, -0.25) is 4.79 Å². The van der Waals surface area contributed by atoms with Crippen LogP contribution in [0.5, 0.6) is 0 Å². The number of fused-ring (bicyclic) bond motifs is 3.